The Kier molecular flexibility index (Phi) is 6.25. The first-order valence-electron chi connectivity index (χ1n) is 8.58. The molecule has 0 spiro atoms. The molecule has 0 bridgehead atoms. The summed E-state index contributed by atoms with van der Waals surface area (Å²) in [4.78, 5) is 25.4. The largest absolute Gasteiger partial charge is 0.379 e. The van der Waals surface area contributed by atoms with E-state index in [4.69, 9.17) is 4.74 Å². The van der Waals surface area contributed by atoms with E-state index in [9.17, 15) is 18.0 Å². The molecule has 1 aromatic rings. The SMILES string of the molecule is CCn1c(C)cc(C)c(C(=O)N[C@H]2COC[C@H]2CS(=O)(=O)N(C)C)c1=O. The smallest absolute Gasteiger partial charge is 0.263 e. The number of aryl methyl sites for hydroxylation is 2. The second-order valence-electron chi connectivity index (χ2n) is 6.83. The molecule has 1 fully saturated rings. The van der Waals surface area contributed by atoms with Crippen LogP contribution in [0.4, 0.5) is 0 Å². The third kappa shape index (κ3) is 4.16. The van der Waals surface area contributed by atoms with E-state index >= 15 is 0 Å². The molecule has 2 heterocycles. The highest BCUT2D eigenvalue weighted by Crippen LogP contribution is 2.18. The van der Waals surface area contributed by atoms with Crippen molar-refractivity contribution in [3.63, 3.8) is 0 Å². The molecule has 1 N–H and O–H groups in total. The lowest BCUT2D eigenvalue weighted by atomic mass is 10.0. The van der Waals surface area contributed by atoms with Crippen molar-refractivity contribution in [2.75, 3.05) is 33.1 Å². The van der Waals surface area contributed by atoms with Gasteiger partial charge in [-0.2, -0.15) is 0 Å². The molecule has 8 nitrogen and oxygen atoms in total. The van der Waals surface area contributed by atoms with Gasteiger partial charge < -0.3 is 14.6 Å². The van der Waals surface area contributed by atoms with Crippen LogP contribution in [0.1, 0.15) is 28.5 Å². The van der Waals surface area contributed by atoms with Crippen LogP contribution in [0.2, 0.25) is 0 Å². The van der Waals surface area contributed by atoms with Gasteiger partial charge in [-0.1, -0.05) is 0 Å². The molecule has 1 aliphatic rings. The molecule has 2 atom stereocenters. The van der Waals surface area contributed by atoms with E-state index in [1.54, 1.807) is 17.6 Å². The minimum atomic E-state index is -3.41. The van der Waals surface area contributed by atoms with Gasteiger partial charge >= 0.3 is 0 Å². The van der Waals surface area contributed by atoms with Crippen molar-refractivity contribution in [2.45, 2.75) is 33.4 Å². The quantitative estimate of drug-likeness (QED) is 0.750. The molecule has 146 valence electrons. The van der Waals surface area contributed by atoms with E-state index in [1.165, 1.54) is 14.1 Å². The van der Waals surface area contributed by atoms with Crippen LogP contribution < -0.4 is 10.9 Å². The van der Waals surface area contributed by atoms with E-state index in [1.807, 2.05) is 13.8 Å². The first kappa shape index (κ1) is 20.6. The Bertz CT molecular complexity index is 845. The average molecular weight is 385 g/mol. The minimum Gasteiger partial charge on any atom is -0.379 e. The summed E-state index contributed by atoms with van der Waals surface area (Å²) >= 11 is 0. The number of carbonyl (C=O) groups excluding carboxylic acids is 1. The maximum Gasteiger partial charge on any atom is 0.263 e. The lowest BCUT2D eigenvalue weighted by Crippen LogP contribution is -2.45. The molecular weight excluding hydrogens is 358 g/mol. The number of rotatable bonds is 6. The Hall–Kier alpha value is -1.71. The summed E-state index contributed by atoms with van der Waals surface area (Å²) in [6.45, 7) is 6.35. The van der Waals surface area contributed by atoms with E-state index in [0.717, 1.165) is 10.00 Å². The fourth-order valence-electron chi connectivity index (χ4n) is 3.18. The molecule has 0 aromatic carbocycles. The van der Waals surface area contributed by atoms with Crippen LogP contribution in [-0.2, 0) is 21.3 Å². The molecule has 1 aliphatic heterocycles. The van der Waals surface area contributed by atoms with Crippen molar-refractivity contribution in [3.8, 4) is 0 Å². The van der Waals surface area contributed by atoms with Crippen LogP contribution in [0.3, 0.4) is 0 Å². The van der Waals surface area contributed by atoms with E-state index in [0.29, 0.717) is 12.1 Å². The number of nitrogens with zero attached hydrogens (tertiary/aromatic N) is 2. The Morgan fingerprint density at radius 2 is 2.00 bits per heavy atom. The van der Waals surface area contributed by atoms with Crippen LogP contribution in [0.25, 0.3) is 0 Å². The summed E-state index contributed by atoms with van der Waals surface area (Å²) in [6, 6.07) is 1.35. The van der Waals surface area contributed by atoms with Gasteiger partial charge in [-0.05, 0) is 32.4 Å². The van der Waals surface area contributed by atoms with E-state index in [-0.39, 0.29) is 36.0 Å². The molecule has 9 heteroatoms. The van der Waals surface area contributed by atoms with Crippen molar-refractivity contribution in [1.29, 1.82) is 0 Å². The zero-order chi connectivity index (χ0) is 19.6. The normalized spacial score (nSPS) is 20.5. The Morgan fingerprint density at radius 1 is 1.35 bits per heavy atom. The van der Waals surface area contributed by atoms with Crippen LogP contribution in [-0.4, -0.2) is 62.3 Å². The predicted molar refractivity (Wildman–Crippen MR) is 98.9 cm³/mol. The van der Waals surface area contributed by atoms with Crippen LogP contribution in [0, 0.1) is 19.8 Å². The minimum absolute atomic E-state index is 0.0959. The Morgan fingerprint density at radius 3 is 2.58 bits per heavy atom. The van der Waals surface area contributed by atoms with Gasteiger partial charge in [0, 0.05) is 32.3 Å². The molecule has 0 aliphatic carbocycles. The number of hydrogen-bond donors (Lipinski definition) is 1. The highest BCUT2D eigenvalue weighted by Gasteiger charge is 2.35. The fraction of sp³-hybridized carbons (Fsp3) is 0.647. The molecule has 26 heavy (non-hydrogen) atoms. The molecule has 0 unspecified atom stereocenters. The molecule has 1 aromatic heterocycles. The fourth-order valence-corrected chi connectivity index (χ4v) is 4.35. The second kappa shape index (κ2) is 7.89. The summed E-state index contributed by atoms with van der Waals surface area (Å²) in [5.41, 5.74) is 1.16. The lowest BCUT2D eigenvalue weighted by molar-refractivity contribution is 0.0923. The number of nitrogens with one attached hydrogen (secondary N) is 1. The Labute approximate surface area is 154 Å². The topological polar surface area (TPSA) is 97.7 Å². The molecule has 0 saturated carbocycles. The van der Waals surface area contributed by atoms with E-state index in [2.05, 4.69) is 5.32 Å². The number of aromatic nitrogens is 1. The highest BCUT2D eigenvalue weighted by molar-refractivity contribution is 7.89. The molecule has 1 amide bonds. The zero-order valence-electron chi connectivity index (χ0n) is 15.9. The van der Waals surface area contributed by atoms with Crippen molar-refractivity contribution >= 4 is 15.9 Å². The van der Waals surface area contributed by atoms with Crippen LogP contribution in [0.15, 0.2) is 10.9 Å². The third-order valence-corrected chi connectivity index (χ3v) is 6.71. The van der Waals surface area contributed by atoms with Crippen LogP contribution >= 0.6 is 0 Å². The second-order valence-corrected chi connectivity index (χ2v) is 9.06. The number of amides is 1. The first-order chi connectivity index (χ1) is 12.1. The predicted octanol–water partition coefficient (Wildman–Crippen LogP) is 0.121. The van der Waals surface area contributed by atoms with Crippen LogP contribution in [0.5, 0.6) is 0 Å². The summed E-state index contributed by atoms with van der Waals surface area (Å²) in [5, 5.41) is 2.80. The standard InChI is InChI=1S/C17H27N3O5S/c1-6-20-12(3)7-11(2)15(17(20)22)16(21)18-14-9-25-8-13(14)10-26(23,24)19(4)5/h7,13-14H,6,8-10H2,1-5H3,(H,18,21)/t13-,14-/m0/s1. The summed E-state index contributed by atoms with van der Waals surface area (Å²) < 4.78 is 32.3. The van der Waals surface area contributed by atoms with Crippen molar-refractivity contribution in [3.05, 3.63) is 33.2 Å². The summed E-state index contributed by atoms with van der Waals surface area (Å²) in [6.07, 6.45) is 0. The molecular formula is C17H27N3O5S. The van der Waals surface area contributed by atoms with E-state index < -0.39 is 22.0 Å². The summed E-state index contributed by atoms with van der Waals surface area (Å²) in [5.74, 6) is -0.959. The maximum atomic E-state index is 12.7. The molecule has 0 radical (unpaired) electrons. The average Bonchev–Trinajstić information content (AvgIpc) is 2.93. The Balaban J connectivity index is 2.23. The van der Waals surface area contributed by atoms with Crippen molar-refractivity contribution in [2.24, 2.45) is 5.92 Å². The number of sulfonamides is 1. The van der Waals surface area contributed by atoms with Gasteiger partial charge in [0.15, 0.2) is 0 Å². The lowest BCUT2D eigenvalue weighted by Gasteiger charge is -2.21. The first-order valence-corrected chi connectivity index (χ1v) is 10.2. The highest BCUT2D eigenvalue weighted by atomic mass is 32.2. The van der Waals surface area contributed by atoms with Crippen molar-refractivity contribution in [1.82, 2.24) is 14.2 Å². The summed E-state index contributed by atoms with van der Waals surface area (Å²) in [7, 11) is -0.464. The number of hydrogen-bond acceptors (Lipinski definition) is 5. The van der Waals surface area contributed by atoms with Gasteiger partial charge in [0.2, 0.25) is 10.0 Å². The number of carbonyl (C=O) groups is 1. The molecule has 2 rings (SSSR count). The number of ether oxygens (including phenoxy) is 1. The number of pyridine rings is 1. The van der Waals surface area contributed by atoms with Gasteiger partial charge in [-0.15, -0.1) is 0 Å². The zero-order valence-corrected chi connectivity index (χ0v) is 16.7. The van der Waals surface area contributed by atoms with Crippen molar-refractivity contribution < 1.29 is 17.9 Å². The van der Waals surface area contributed by atoms with Gasteiger partial charge in [0.05, 0.1) is 25.0 Å². The van der Waals surface area contributed by atoms with Gasteiger partial charge in [0.25, 0.3) is 11.5 Å². The maximum absolute atomic E-state index is 12.7. The van der Waals surface area contributed by atoms with Gasteiger partial charge in [-0.25, -0.2) is 12.7 Å². The van der Waals surface area contributed by atoms with Gasteiger partial charge in [-0.3, -0.25) is 9.59 Å². The van der Waals surface area contributed by atoms with Gasteiger partial charge in [0.1, 0.15) is 5.56 Å². The monoisotopic (exact) mass is 385 g/mol. The third-order valence-electron chi connectivity index (χ3n) is 4.74. The molecule has 1 saturated heterocycles.